The second-order valence-corrected chi connectivity index (χ2v) is 6.86. The number of carbonyl (C=O) groups excluding carboxylic acids is 1. The van der Waals surface area contributed by atoms with Gasteiger partial charge >= 0.3 is 5.97 Å². The zero-order valence-corrected chi connectivity index (χ0v) is 15.1. The van der Waals surface area contributed by atoms with Crippen LogP contribution in [-0.2, 0) is 9.63 Å². The van der Waals surface area contributed by atoms with Gasteiger partial charge in [0.1, 0.15) is 16.9 Å². The fourth-order valence-corrected chi connectivity index (χ4v) is 3.43. The number of carboxylic acid groups (broad SMARTS) is 1. The average molecular weight is 381 g/mol. The zero-order valence-electron chi connectivity index (χ0n) is 15.1. The van der Waals surface area contributed by atoms with E-state index in [2.05, 4.69) is 10.1 Å². The minimum atomic E-state index is -1.06. The lowest BCUT2D eigenvalue weighted by Gasteiger charge is -2.37. The van der Waals surface area contributed by atoms with Gasteiger partial charge in [0, 0.05) is 38.5 Å². The molecule has 0 radical (unpaired) electrons. The van der Waals surface area contributed by atoms with Gasteiger partial charge in [-0.05, 0) is 24.3 Å². The lowest BCUT2D eigenvalue weighted by molar-refractivity contribution is -0.129. The summed E-state index contributed by atoms with van der Waals surface area (Å²) in [5.41, 5.74) is -0.203. The van der Waals surface area contributed by atoms with E-state index in [1.807, 2.05) is 18.2 Å². The van der Waals surface area contributed by atoms with Gasteiger partial charge in [-0.15, -0.1) is 0 Å². The molecule has 2 aliphatic rings. The number of rotatable bonds is 4. The van der Waals surface area contributed by atoms with Crippen molar-refractivity contribution in [2.45, 2.75) is 24.9 Å². The molecule has 1 fully saturated rings. The van der Waals surface area contributed by atoms with Crippen LogP contribution >= 0.6 is 0 Å². The number of carbonyl (C=O) groups is 2. The van der Waals surface area contributed by atoms with E-state index < -0.39 is 11.6 Å². The summed E-state index contributed by atoms with van der Waals surface area (Å²) in [6, 6.07) is 12.6. The number of oxime groups is 1. The molecule has 3 heterocycles. The summed E-state index contributed by atoms with van der Waals surface area (Å²) >= 11 is 0. The molecule has 1 N–H and O–H groups in total. The molecule has 28 heavy (non-hydrogen) atoms. The number of carboxylic acids is 1. The summed E-state index contributed by atoms with van der Waals surface area (Å²) in [6.07, 6.45) is 2.89. The van der Waals surface area contributed by atoms with E-state index >= 15 is 0 Å². The fraction of sp³-hybridized carbons (Fsp3) is 0.300. The Labute approximate surface area is 161 Å². The highest BCUT2D eigenvalue weighted by Crippen LogP contribution is 2.35. The number of hydrogen-bond donors (Lipinski definition) is 1. The maximum Gasteiger partial charge on any atom is 0.353 e. The number of amides is 1. The summed E-state index contributed by atoms with van der Waals surface area (Å²) in [7, 11) is 0. The van der Waals surface area contributed by atoms with Crippen LogP contribution in [0, 0.1) is 0 Å². The van der Waals surface area contributed by atoms with E-state index in [4.69, 9.17) is 14.7 Å². The van der Waals surface area contributed by atoms with Gasteiger partial charge in [0.25, 0.3) is 5.91 Å². The predicted molar refractivity (Wildman–Crippen MR) is 99.4 cm³/mol. The van der Waals surface area contributed by atoms with Crippen LogP contribution in [0.15, 0.2) is 53.8 Å². The van der Waals surface area contributed by atoms with Crippen molar-refractivity contribution in [2.75, 3.05) is 13.1 Å². The number of aromatic nitrogens is 1. The minimum Gasteiger partial charge on any atom is -0.477 e. The molecule has 2 aromatic rings. The first-order valence-electron chi connectivity index (χ1n) is 9.02. The number of ether oxygens (including phenoxy) is 1. The van der Waals surface area contributed by atoms with E-state index in [0.29, 0.717) is 37.2 Å². The largest absolute Gasteiger partial charge is 0.477 e. The first kappa shape index (κ1) is 18.0. The van der Waals surface area contributed by atoms with Gasteiger partial charge in [0.2, 0.25) is 5.88 Å². The van der Waals surface area contributed by atoms with Crippen molar-refractivity contribution in [3.8, 4) is 11.6 Å². The Morgan fingerprint density at radius 3 is 2.54 bits per heavy atom. The van der Waals surface area contributed by atoms with Gasteiger partial charge in [0.05, 0.1) is 0 Å². The van der Waals surface area contributed by atoms with Crippen molar-refractivity contribution in [3.63, 3.8) is 0 Å². The maximum atomic E-state index is 13.0. The van der Waals surface area contributed by atoms with Gasteiger partial charge in [-0.1, -0.05) is 23.4 Å². The van der Waals surface area contributed by atoms with Crippen molar-refractivity contribution in [3.05, 3.63) is 54.2 Å². The third-order valence-electron chi connectivity index (χ3n) is 5.01. The molecule has 144 valence electrons. The van der Waals surface area contributed by atoms with E-state index in [0.717, 1.165) is 0 Å². The topological polar surface area (TPSA) is 101 Å². The Morgan fingerprint density at radius 2 is 1.86 bits per heavy atom. The lowest BCUT2D eigenvalue weighted by atomic mass is 9.86. The van der Waals surface area contributed by atoms with Gasteiger partial charge in [-0.25, -0.2) is 9.78 Å². The average Bonchev–Trinajstić information content (AvgIpc) is 3.13. The van der Waals surface area contributed by atoms with Gasteiger partial charge in [0.15, 0.2) is 5.71 Å². The minimum absolute atomic E-state index is 0.0329. The number of hydrogen-bond acceptors (Lipinski definition) is 6. The number of nitrogens with zero attached hydrogens (tertiary/aromatic N) is 3. The Kier molecular flexibility index (Phi) is 4.68. The molecule has 1 amide bonds. The second-order valence-electron chi connectivity index (χ2n) is 6.86. The Bertz CT molecular complexity index is 920. The van der Waals surface area contributed by atoms with Crippen molar-refractivity contribution < 1.29 is 24.3 Å². The molecule has 1 aromatic carbocycles. The van der Waals surface area contributed by atoms with Crippen LogP contribution in [-0.4, -0.2) is 51.3 Å². The summed E-state index contributed by atoms with van der Waals surface area (Å²) in [4.78, 5) is 35.5. The smallest absolute Gasteiger partial charge is 0.353 e. The van der Waals surface area contributed by atoms with Gasteiger partial charge in [-0.2, -0.15) is 0 Å². The molecule has 1 spiro atoms. The van der Waals surface area contributed by atoms with Crippen molar-refractivity contribution >= 4 is 17.6 Å². The number of likely N-dealkylation sites (tertiary alicyclic amines) is 1. The Morgan fingerprint density at radius 1 is 1.11 bits per heavy atom. The van der Waals surface area contributed by atoms with Crippen LogP contribution in [0.25, 0.3) is 0 Å². The highest BCUT2D eigenvalue weighted by Gasteiger charge is 2.44. The molecule has 8 heteroatoms. The van der Waals surface area contributed by atoms with Gasteiger partial charge in [-0.3, -0.25) is 4.79 Å². The number of benzene rings is 1. The van der Waals surface area contributed by atoms with E-state index in [1.165, 1.54) is 0 Å². The SMILES string of the molecule is O=C(O)C1=NOC2(CCN(C(=O)c3cccnc3Oc3ccccc3)CC2)C1. The molecule has 8 nitrogen and oxygen atoms in total. The lowest BCUT2D eigenvalue weighted by Crippen LogP contribution is -2.47. The monoisotopic (exact) mass is 381 g/mol. The zero-order chi connectivity index (χ0) is 19.6. The van der Waals surface area contributed by atoms with Crippen LogP contribution in [0.1, 0.15) is 29.6 Å². The Balaban J connectivity index is 1.44. The van der Waals surface area contributed by atoms with E-state index in [1.54, 1.807) is 35.4 Å². The van der Waals surface area contributed by atoms with Crippen LogP contribution in [0.3, 0.4) is 0 Å². The number of pyridine rings is 1. The van der Waals surface area contributed by atoms with Crippen molar-refractivity contribution in [1.29, 1.82) is 0 Å². The molecule has 0 unspecified atom stereocenters. The molecular weight excluding hydrogens is 362 g/mol. The first-order chi connectivity index (χ1) is 13.6. The molecule has 1 aromatic heterocycles. The summed E-state index contributed by atoms with van der Waals surface area (Å²) in [5, 5.41) is 12.8. The molecule has 0 aliphatic carbocycles. The first-order valence-corrected chi connectivity index (χ1v) is 9.02. The maximum absolute atomic E-state index is 13.0. The fourth-order valence-electron chi connectivity index (χ4n) is 3.43. The number of aliphatic carboxylic acids is 1. The van der Waals surface area contributed by atoms with Crippen LogP contribution in [0.5, 0.6) is 11.6 Å². The predicted octanol–water partition coefficient (Wildman–Crippen LogP) is 2.71. The molecular formula is C20H19N3O5. The molecule has 4 rings (SSSR count). The molecule has 2 aliphatic heterocycles. The van der Waals surface area contributed by atoms with Crippen molar-refractivity contribution in [2.24, 2.45) is 5.16 Å². The summed E-state index contributed by atoms with van der Waals surface area (Å²) in [5.74, 6) is -0.377. The summed E-state index contributed by atoms with van der Waals surface area (Å²) < 4.78 is 5.79. The summed E-state index contributed by atoms with van der Waals surface area (Å²) in [6.45, 7) is 0.891. The van der Waals surface area contributed by atoms with E-state index in [-0.39, 0.29) is 23.9 Å². The molecule has 1 saturated heterocycles. The molecule has 0 saturated carbocycles. The number of para-hydroxylation sites is 1. The van der Waals surface area contributed by atoms with Crippen LogP contribution < -0.4 is 4.74 Å². The molecule has 0 atom stereocenters. The van der Waals surface area contributed by atoms with Crippen LogP contribution in [0.4, 0.5) is 0 Å². The molecule has 0 bridgehead atoms. The highest BCUT2D eigenvalue weighted by atomic mass is 16.7. The van der Waals surface area contributed by atoms with Crippen molar-refractivity contribution in [1.82, 2.24) is 9.88 Å². The normalized spacial score (nSPS) is 17.7. The third-order valence-corrected chi connectivity index (χ3v) is 5.01. The number of piperidine rings is 1. The van der Waals surface area contributed by atoms with Crippen LogP contribution in [0.2, 0.25) is 0 Å². The quantitative estimate of drug-likeness (QED) is 0.874. The Hall–Kier alpha value is -3.42. The standard InChI is InChI=1S/C20H19N3O5/c24-18(15-7-4-10-21-17(15)27-14-5-2-1-3-6-14)23-11-8-20(9-12-23)13-16(19(25)26)22-28-20/h1-7,10H,8-9,11-13H2,(H,25,26). The third kappa shape index (κ3) is 3.53. The van der Waals surface area contributed by atoms with E-state index in [9.17, 15) is 9.59 Å². The van der Waals surface area contributed by atoms with Gasteiger partial charge < -0.3 is 19.6 Å². The highest BCUT2D eigenvalue weighted by molar-refractivity contribution is 6.36. The second kappa shape index (κ2) is 7.30.